The average Bonchev–Trinajstić information content (AvgIpc) is 2.73. The zero-order chi connectivity index (χ0) is 9.60. The van der Waals surface area contributed by atoms with Crippen LogP contribution in [0.25, 0.3) is 10.9 Å². The Morgan fingerprint density at radius 3 is 3.07 bits per heavy atom. The number of H-pyrrole nitrogens is 1. The molecule has 0 bridgehead atoms. The van der Waals surface area contributed by atoms with Crippen molar-refractivity contribution in [1.82, 2.24) is 10.2 Å². The molecule has 1 aromatic heterocycles. The van der Waals surface area contributed by atoms with Crippen LogP contribution in [0.1, 0.15) is 19.8 Å². The van der Waals surface area contributed by atoms with Crippen LogP contribution in [-0.4, -0.2) is 15.8 Å². The van der Waals surface area contributed by atoms with Gasteiger partial charge in [-0.15, -0.1) is 0 Å². The molecule has 0 aliphatic heterocycles. The fraction of sp³-hybridized carbons (Fsp3) is 0.364. The Morgan fingerprint density at radius 1 is 1.43 bits per heavy atom. The third-order valence-corrected chi connectivity index (χ3v) is 2.73. The number of aromatic nitrogens is 2. The van der Waals surface area contributed by atoms with Gasteiger partial charge in [-0.3, -0.25) is 5.10 Å². The minimum Gasteiger partial charge on any atom is -0.487 e. The summed E-state index contributed by atoms with van der Waals surface area (Å²) < 4.78 is 5.84. The van der Waals surface area contributed by atoms with E-state index in [0.717, 1.165) is 29.5 Å². The van der Waals surface area contributed by atoms with E-state index < -0.39 is 0 Å². The molecule has 14 heavy (non-hydrogen) atoms. The minimum absolute atomic E-state index is 0.0910. The van der Waals surface area contributed by atoms with Crippen LogP contribution < -0.4 is 4.74 Å². The van der Waals surface area contributed by atoms with Gasteiger partial charge in [0.2, 0.25) is 0 Å². The highest BCUT2D eigenvalue weighted by Gasteiger charge is 2.40. The maximum absolute atomic E-state index is 5.84. The number of nitrogens with zero attached hydrogens (tertiary/aromatic N) is 1. The van der Waals surface area contributed by atoms with Crippen LogP contribution in [0, 0.1) is 0 Å². The highest BCUT2D eigenvalue weighted by atomic mass is 16.5. The zero-order valence-corrected chi connectivity index (χ0v) is 8.08. The Morgan fingerprint density at radius 2 is 2.29 bits per heavy atom. The van der Waals surface area contributed by atoms with Crippen molar-refractivity contribution in [2.45, 2.75) is 25.4 Å². The summed E-state index contributed by atoms with van der Waals surface area (Å²) in [5.74, 6) is 0.932. The molecule has 1 aromatic carbocycles. The summed E-state index contributed by atoms with van der Waals surface area (Å²) in [7, 11) is 0. The molecule has 0 spiro atoms. The van der Waals surface area contributed by atoms with Crippen LogP contribution in [0.15, 0.2) is 24.4 Å². The molecule has 1 fully saturated rings. The SMILES string of the molecule is CC1(Oc2ccc3cn[nH]c3c2)CC1. The number of aromatic amines is 1. The highest BCUT2D eigenvalue weighted by molar-refractivity contribution is 5.79. The van der Waals surface area contributed by atoms with E-state index in [0.29, 0.717) is 0 Å². The van der Waals surface area contributed by atoms with E-state index in [1.165, 1.54) is 0 Å². The molecule has 1 aliphatic carbocycles. The van der Waals surface area contributed by atoms with E-state index in [2.05, 4.69) is 17.1 Å². The smallest absolute Gasteiger partial charge is 0.122 e. The zero-order valence-electron chi connectivity index (χ0n) is 8.08. The van der Waals surface area contributed by atoms with E-state index in [9.17, 15) is 0 Å². The van der Waals surface area contributed by atoms with Crippen LogP contribution in [-0.2, 0) is 0 Å². The first-order valence-corrected chi connectivity index (χ1v) is 4.87. The molecule has 0 radical (unpaired) electrons. The van der Waals surface area contributed by atoms with Crippen molar-refractivity contribution in [3.8, 4) is 5.75 Å². The van der Waals surface area contributed by atoms with Crippen molar-refractivity contribution in [3.63, 3.8) is 0 Å². The summed E-state index contributed by atoms with van der Waals surface area (Å²) in [5, 5.41) is 8.03. The monoisotopic (exact) mass is 188 g/mol. The highest BCUT2D eigenvalue weighted by Crippen LogP contribution is 2.39. The summed E-state index contributed by atoms with van der Waals surface area (Å²) >= 11 is 0. The largest absolute Gasteiger partial charge is 0.487 e. The van der Waals surface area contributed by atoms with Gasteiger partial charge in [-0.05, 0) is 31.9 Å². The van der Waals surface area contributed by atoms with E-state index in [1.807, 2.05) is 24.4 Å². The number of hydrogen-bond donors (Lipinski definition) is 1. The van der Waals surface area contributed by atoms with Gasteiger partial charge in [-0.1, -0.05) is 0 Å². The van der Waals surface area contributed by atoms with Gasteiger partial charge in [0.15, 0.2) is 0 Å². The molecule has 3 nitrogen and oxygen atoms in total. The number of fused-ring (bicyclic) bond motifs is 1. The van der Waals surface area contributed by atoms with Crippen LogP contribution in [0.2, 0.25) is 0 Å². The van der Waals surface area contributed by atoms with E-state index in [-0.39, 0.29) is 5.60 Å². The first-order valence-electron chi connectivity index (χ1n) is 4.87. The lowest BCUT2D eigenvalue weighted by molar-refractivity contribution is 0.200. The first kappa shape index (κ1) is 7.85. The van der Waals surface area contributed by atoms with Gasteiger partial charge in [0.25, 0.3) is 0 Å². The number of ether oxygens (including phenoxy) is 1. The summed E-state index contributed by atoms with van der Waals surface area (Å²) in [4.78, 5) is 0. The Hall–Kier alpha value is -1.51. The van der Waals surface area contributed by atoms with Crippen LogP contribution in [0.5, 0.6) is 5.75 Å². The lowest BCUT2D eigenvalue weighted by Crippen LogP contribution is -2.11. The second-order valence-corrected chi connectivity index (χ2v) is 4.17. The molecule has 3 heteroatoms. The Labute approximate surface area is 82.1 Å². The van der Waals surface area contributed by atoms with Gasteiger partial charge in [0, 0.05) is 11.5 Å². The molecule has 0 amide bonds. The number of nitrogens with one attached hydrogen (secondary N) is 1. The van der Waals surface area contributed by atoms with E-state index in [4.69, 9.17) is 4.74 Å². The molecular formula is C11H12N2O. The van der Waals surface area contributed by atoms with Gasteiger partial charge >= 0.3 is 0 Å². The summed E-state index contributed by atoms with van der Waals surface area (Å²) in [6, 6.07) is 6.03. The fourth-order valence-electron chi connectivity index (χ4n) is 1.54. The van der Waals surface area contributed by atoms with Crippen molar-refractivity contribution in [3.05, 3.63) is 24.4 Å². The summed E-state index contributed by atoms with van der Waals surface area (Å²) in [6.07, 6.45) is 4.14. The minimum atomic E-state index is 0.0910. The predicted molar refractivity (Wildman–Crippen MR) is 54.4 cm³/mol. The van der Waals surface area contributed by atoms with Gasteiger partial charge in [0.1, 0.15) is 11.4 Å². The van der Waals surface area contributed by atoms with Crippen molar-refractivity contribution in [2.24, 2.45) is 0 Å². The summed E-state index contributed by atoms with van der Waals surface area (Å²) in [6.45, 7) is 2.14. The third-order valence-electron chi connectivity index (χ3n) is 2.73. The Kier molecular flexibility index (Phi) is 1.40. The van der Waals surface area contributed by atoms with Crippen LogP contribution >= 0.6 is 0 Å². The molecule has 0 unspecified atom stereocenters. The fourth-order valence-corrected chi connectivity index (χ4v) is 1.54. The van der Waals surface area contributed by atoms with Gasteiger partial charge in [0.05, 0.1) is 11.7 Å². The predicted octanol–water partition coefficient (Wildman–Crippen LogP) is 2.49. The number of benzene rings is 1. The van der Waals surface area contributed by atoms with Gasteiger partial charge in [-0.25, -0.2) is 0 Å². The normalized spacial score (nSPS) is 18.4. The van der Waals surface area contributed by atoms with E-state index >= 15 is 0 Å². The topological polar surface area (TPSA) is 37.9 Å². The second kappa shape index (κ2) is 2.50. The Balaban J connectivity index is 1.97. The number of hydrogen-bond acceptors (Lipinski definition) is 2. The molecule has 3 rings (SSSR count). The lowest BCUT2D eigenvalue weighted by Gasteiger charge is -2.12. The van der Waals surface area contributed by atoms with Crippen molar-refractivity contribution in [2.75, 3.05) is 0 Å². The average molecular weight is 188 g/mol. The number of rotatable bonds is 2. The molecule has 72 valence electrons. The molecular weight excluding hydrogens is 176 g/mol. The van der Waals surface area contributed by atoms with E-state index in [1.54, 1.807) is 0 Å². The molecule has 1 N–H and O–H groups in total. The lowest BCUT2D eigenvalue weighted by atomic mass is 10.2. The standard InChI is InChI=1S/C11H12N2O/c1-11(4-5-11)14-9-3-2-8-7-12-13-10(8)6-9/h2-3,6-7H,4-5H2,1H3,(H,12,13). The first-order chi connectivity index (χ1) is 6.75. The summed E-state index contributed by atoms with van der Waals surface area (Å²) in [5.41, 5.74) is 1.12. The molecule has 1 heterocycles. The van der Waals surface area contributed by atoms with Crippen molar-refractivity contribution >= 4 is 10.9 Å². The van der Waals surface area contributed by atoms with Crippen molar-refractivity contribution < 1.29 is 4.74 Å². The van der Waals surface area contributed by atoms with Crippen LogP contribution in [0.4, 0.5) is 0 Å². The maximum Gasteiger partial charge on any atom is 0.122 e. The molecule has 0 atom stereocenters. The molecule has 1 saturated carbocycles. The Bertz CT molecular complexity index is 471. The third kappa shape index (κ3) is 1.25. The second-order valence-electron chi connectivity index (χ2n) is 4.17. The van der Waals surface area contributed by atoms with Gasteiger partial charge in [-0.2, -0.15) is 5.10 Å². The molecule has 1 aliphatic rings. The quantitative estimate of drug-likeness (QED) is 0.786. The molecule has 2 aromatic rings. The van der Waals surface area contributed by atoms with Crippen molar-refractivity contribution in [1.29, 1.82) is 0 Å². The molecule has 0 saturated heterocycles. The maximum atomic E-state index is 5.84. The van der Waals surface area contributed by atoms with Crippen LogP contribution in [0.3, 0.4) is 0 Å². The van der Waals surface area contributed by atoms with Gasteiger partial charge < -0.3 is 4.74 Å².